The van der Waals surface area contributed by atoms with E-state index in [0.29, 0.717) is 11.4 Å². The monoisotopic (exact) mass is 239 g/mol. The number of anilines is 1. The van der Waals surface area contributed by atoms with Crippen LogP contribution in [0.25, 0.3) is 0 Å². The van der Waals surface area contributed by atoms with Gasteiger partial charge in [0.1, 0.15) is 12.2 Å². The summed E-state index contributed by atoms with van der Waals surface area (Å²) in [6.07, 6.45) is -0.825. The second-order valence-electron chi connectivity index (χ2n) is 3.92. The summed E-state index contributed by atoms with van der Waals surface area (Å²) >= 11 is 0. The van der Waals surface area contributed by atoms with Gasteiger partial charge in [-0.25, -0.2) is 0 Å². The van der Waals surface area contributed by atoms with E-state index < -0.39 is 12.2 Å². The molecule has 0 bridgehead atoms. The number of nitrogen functional groups attached to an aromatic ring is 1. The van der Waals surface area contributed by atoms with Crippen molar-refractivity contribution in [3.05, 3.63) is 23.5 Å². The van der Waals surface area contributed by atoms with E-state index in [2.05, 4.69) is 10.3 Å². The number of aryl methyl sites for hydroxylation is 1. The molecule has 1 amide bonds. The number of hydrogen-bond donors (Lipinski definition) is 4. The van der Waals surface area contributed by atoms with Gasteiger partial charge in [0.2, 0.25) is 5.91 Å². The maximum absolute atomic E-state index is 10.7. The topological polar surface area (TPSA) is 108 Å². The van der Waals surface area contributed by atoms with E-state index in [1.165, 1.54) is 13.1 Å². The lowest BCUT2D eigenvalue weighted by Crippen LogP contribution is -2.34. The Kier molecular flexibility index (Phi) is 4.42. The van der Waals surface area contributed by atoms with Gasteiger partial charge >= 0.3 is 0 Å². The maximum Gasteiger partial charge on any atom is 0.216 e. The lowest BCUT2D eigenvalue weighted by atomic mass is 10.1. The van der Waals surface area contributed by atoms with Gasteiger partial charge in [0, 0.05) is 13.5 Å². The zero-order valence-corrected chi connectivity index (χ0v) is 9.84. The van der Waals surface area contributed by atoms with E-state index in [1.54, 1.807) is 13.0 Å². The number of aromatic nitrogens is 1. The Hall–Kier alpha value is -1.66. The largest absolute Gasteiger partial charge is 0.397 e. The normalized spacial score (nSPS) is 14.1. The molecule has 2 unspecified atom stereocenters. The standard InChI is InChI=1S/C11H17N3O3/c1-6-3-9(14-4-8(6)12)11(17)10(16)5-13-7(2)15/h3-4,10-11,16-17H,5,12H2,1-2H3,(H,13,15). The van der Waals surface area contributed by atoms with Crippen molar-refractivity contribution in [3.63, 3.8) is 0 Å². The minimum Gasteiger partial charge on any atom is -0.397 e. The average molecular weight is 239 g/mol. The molecule has 1 aromatic rings. The molecule has 6 heteroatoms. The quantitative estimate of drug-likeness (QED) is 0.566. The number of aliphatic hydroxyl groups excluding tert-OH is 2. The molecule has 1 rings (SSSR count). The predicted octanol–water partition coefficient (Wildman–Crippen LogP) is -0.497. The summed E-state index contributed by atoms with van der Waals surface area (Å²) in [7, 11) is 0. The Bertz CT molecular complexity index is 409. The summed E-state index contributed by atoms with van der Waals surface area (Å²) in [5.41, 5.74) is 7.23. The predicted molar refractivity (Wildman–Crippen MR) is 63.0 cm³/mol. The van der Waals surface area contributed by atoms with E-state index >= 15 is 0 Å². The summed E-state index contributed by atoms with van der Waals surface area (Å²) < 4.78 is 0. The van der Waals surface area contributed by atoms with Crippen molar-refractivity contribution in [2.45, 2.75) is 26.1 Å². The molecule has 17 heavy (non-hydrogen) atoms. The molecule has 2 atom stereocenters. The van der Waals surface area contributed by atoms with Gasteiger partial charge in [-0.3, -0.25) is 9.78 Å². The molecule has 6 nitrogen and oxygen atoms in total. The number of aliphatic hydroxyl groups is 2. The van der Waals surface area contributed by atoms with Crippen LogP contribution in [0.1, 0.15) is 24.3 Å². The number of carbonyl (C=O) groups excluding carboxylic acids is 1. The van der Waals surface area contributed by atoms with Crippen LogP contribution in [-0.4, -0.2) is 33.8 Å². The molecular weight excluding hydrogens is 222 g/mol. The molecule has 1 aromatic heterocycles. The first-order chi connectivity index (χ1) is 7.91. The van der Waals surface area contributed by atoms with Crippen molar-refractivity contribution in [1.29, 1.82) is 0 Å². The zero-order chi connectivity index (χ0) is 13.0. The van der Waals surface area contributed by atoms with Crippen LogP contribution in [0.15, 0.2) is 12.3 Å². The van der Waals surface area contributed by atoms with Gasteiger partial charge in [-0.15, -0.1) is 0 Å². The number of carbonyl (C=O) groups is 1. The van der Waals surface area contributed by atoms with Crippen LogP contribution in [0.4, 0.5) is 5.69 Å². The number of rotatable bonds is 4. The highest BCUT2D eigenvalue weighted by molar-refractivity contribution is 5.72. The van der Waals surface area contributed by atoms with Crippen LogP contribution in [0.5, 0.6) is 0 Å². The van der Waals surface area contributed by atoms with Crippen molar-refractivity contribution in [2.24, 2.45) is 0 Å². The summed E-state index contributed by atoms with van der Waals surface area (Å²) in [5, 5.41) is 21.9. The molecule has 5 N–H and O–H groups in total. The van der Waals surface area contributed by atoms with E-state index in [1.807, 2.05) is 0 Å². The van der Waals surface area contributed by atoms with Gasteiger partial charge in [0.05, 0.1) is 17.6 Å². The number of nitrogens with two attached hydrogens (primary N) is 1. The molecule has 0 saturated carbocycles. The third-order valence-corrected chi connectivity index (χ3v) is 2.40. The molecule has 1 heterocycles. The summed E-state index contributed by atoms with van der Waals surface area (Å²) in [6, 6.07) is 1.61. The number of nitrogens with zero attached hydrogens (tertiary/aromatic N) is 1. The molecule has 0 spiro atoms. The van der Waals surface area contributed by atoms with Crippen molar-refractivity contribution >= 4 is 11.6 Å². The first kappa shape index (κ1) is 13.4. The molecule has 0 radical (unpaired) electrons. The Morgan fingerprint density at radius 2 is 2.24 bits per heavy atom. The third-order valence-electron chi connectivity index (χ3n) is 2.40. The molecule has 94 valence electrons. The lowest BCUT2D eigenvalue weighted by molar-refractivity contribution is -0.119. The Labute approximate surface area is 99.5 Å². The molecule has 0 saturated heterocycles. The first-order valence-electron chi connectivity index (χ1n) is 5.24. The van der Waals surface area contributed by atoms with Crippen molar-refractivity contribution < 1.29 is 15.0 Å². The second kappa shape index (κ2) is 5.60. The van der Waals surface area contributed by atoms with Crippen LogP contribution in [-0.2, 0) is 4.79 Å². The van der Waals surface area contributed by atoms with Gasteiger partial charge in [0.25, 0.3) is 0 Å². The fourth-order valence-corrected chi connectivity index (χ4v) is 1.31. The molecule has 0 aliphatic heterocycles. The van der Waals surface area contributed by atoms with Gasteiger partial charge in [0.15, 0.2) is 0 Å². The molecule has 0 aromatic carbocycles. The minimum atomic E-state index is -1.15. The summed E-state index contributed by atoms with van der Waals surface area (Å²) in [5.74, 6) is -0.266. The average Bonchev–Trinajstić information content (AvgIpc) is 2.28. The van der Waals surface area contributed by atoms with Gasteiger partial charge < -0.3 is 21.3 Å². The van der Waals surface area contributed by atoms with E-state index in [9.17, 15) is 15.0 Å². The molecule has 0 aliphatic carbocycles. The Morgan fingerprint density at radius 1 is 1.59 bits per heavy atom. The van der Waals surface area contributed by atoms with Crippen LogP contribution >= 0.6 is 0 Å². The van der Waals surface area contributed by atoms with Crippen molar-refractivity contribution in [2.75, 3.05) is 12.3 Å². The van der Waals surface area contributed by atoms with Crippen LogP contribution in [0.2, 0.25) is 0 Å². The molecule has 0 aliphatic rings. The number of nitrogens with one attached hydrogen (secondary N) is 1. The minimum absolute atomic E-state index is 0.0262. The summed E-state index contributed by atoms with van der Waals surface area (Å²) in [4.78, 5) is 14.6. The fraction of sp³-hybridized carbons (Fsp3) is 0.455. The highest BCUT2D eigenvalue weighted by Gasteiger charge is 2.20. The van der Waals surface area contributed by atoms with Crippen molar-refractivity contribution in [1.82, 2.24) is 10.3 Å². The number of amides is 1. The van der Waals surface area contributed by atoms with Crippen LogP contribution in [0.3, 0.4) is 0 Å². The SMILES string of the molecule is CC(=O)NCC(O)C(O)c1cc(C)c(N)cn1. The van der Waals surface area contributed by atoms with E-state index in [4.69, 9.17) is 5.73 Å². The Morgan fingerprint density at radius 3 is 2.76 bits per heavy atom. The van der Waals surface area contributed by atoms with Crippen LogP contribution in [0, 0.1) is 6.92 Å². The number of pyridine rings is 1. The summed E-state index contributed by atoms with van der Waals surface area (Å²) in [6.45, 7) is 3.10. The van der Waals surface area contributed by atoms with Gasteiger partial charge in [-0.1, -0.05) is 0 Å². The van der Waals surface area contributed by atoms with Gasteiger partial charge in [-0.05, 0) is 18.6 Å². The first-order valence-corrected chi connectivity index (χ1v) is 5.24. The third kappa shape index (κ3) is 3.69. The highest BCUT2D eigenvalue weighted by atomic mass is 16.3. The second-order valence-corrected chi connectivity index (χ2v) is 3.92. The van der Waals surface area contributed by atoms with Gasteiger partial charge in [-0.2, -0.15) is 0 Å². The van der Waals surface area contributed by atoms with E-state index in [0.717, 1.165) is 5.56 Å². The zero-order valence-electron chi connectivity index (χ0n) is 9.84. The fourth-order valence-electron chi connectivity index (χ4n) is 1.31. The molecular formula is C11H17N3O3. The van der Waals surface area contributed by atoms with Crippen LogP contribution < -0.4 is 11.1 Å². The lowest BCUT2D eigenvalue weighted by Gasteiger charge is -2.18. The number of hydrogen-bond acceptors (Lipinski definition) is 5. The highest BCUT2D eigenvalue weighted by Crippen LogP contribution is 2.18. The van der Waals surface area contributed by atoms with E-state index in [-0.39, 0.29) is 12.5 Å². The maximum atomic E-state index is 10.7. The Balaban J connectivity index is 2.70. The smallest absolute Gasteiger partial charge is 0.216 e. The molecule has 0 fully saturated rings. The van der Waals surface area contributed by atoms with Crippen molar-refractivity contribution in [3.8, 4) is 0 Å².